The van der Waals surface area contributed by atoms with Crippen LogP contribution in [-0.4, -0.2) is 39.0 Å². The molecule has 0 saturated heterocycles. The van der Waals surface area contributed by atoms with Gasteiger partial charge in [-0.15, -0.1) is 10.2 Å². The Morgan fingerprint density at radius 1 is 1.16 bits per heavy atom. The number of hydrogen-bond acceptors (Lipinski definition) is 5. The average molecular weight is 458 g/mol. The molecule has 6 nitrogen and oxygen atoms in total. The lowest BCUT2D eigenvalue weighted by molar-refractivity contribution is -0.115. The second-order valence-corrected chi connectivity index (χ2v) is 8.96. The van der Waals surface area contributed by atoms with Crippen LogP contribution in [-0.2, 0) is 11.8 Å². The molecule has 1 aromatic heterocycles. The number of amides is 1. The van der Waals surface area contributed by atoms with E-state index < -0.39 is 0 Å². The minimum absolute atomic E-state index is 0.108. The van der Waals surface area contributed by atoms with E-state index in [9.17, 15) is 4.79 Å². The molecule has 1 atom stereocenters. The molecule has 3 rings (SSSR count). The van der Waals surface area contributed by atoms with Crippen molar-refractivity contribution in [3.63, 3.8) is 0 Å². The van der Waals surface area contributed by atoms with Crippen molar-refractivity contribution in [2.24, 2.45) is 7.05 Å². The number of hydrogen-bond donors (Lipinski definition) is 1. The molecule has 0 radical (unpaired) electrons. The van der Waals surface area contributed by atoms with Crippen molar-refractivity contribution in [2.45, 2.75) is 38.1 Å². The number of rotatable bonds is 8. The predicted molar refractivity (Wildman–Crippen MR) is 130 cm³/mol. The highest BCUT2D eigenvalue weighted by Gasteiger charge is 2.20. The molecule has 1 N–H and O–H groups in total. The number of anilines is 2. The Balaban J connectivity index is 1.71. The second-order valence-electron chi connectivity index (χ2n) is 7.25. The maximum Gasteiger partial charge on any atom is 0.237 e. The summed E-state index contributed by atoms with van der Waals surface area (Å²) in [5, 5.41) is 12.6. The molecule has 31 heavy (non-hydrogen) atoms. The van der Waals surface area contributed by atoms with E-state index in [0.29, 0.717) is 10.2 Å². The van der Waals surface area contributed by atoms with Crippen LogP contribution >= 0.6 is 23.4 Å². The van der Waals surface area contributed by atoms with Crippen molar-refractivity contribution in [3.05, 3.63) is 53.1 Å². The number of nitrogens with zero attached hydrogens (tertiary/aromatic N) is 4. The number of aromatic nitrogens is 3. The molecule has 0 spiro atoms. The molecule has 0 aliphatic rings. The van der Waals surface area contributed by atoms with Gasteiger partial charge in [0.15, 0.2) is 11.0 Å². The standard InChI is InChI=1S/C23H28ClN5OS/c1-6-29(7-2)18-13-11-17(12-14-18)21-26-27-23(28(21)5)31-16(4)22(30)25-20-10-8-9-19(24)15(20)3/h8-14,16H,6-7H2,1-5H3,(H,25,30). The van der Waals surface area contributed by atoms with Gasteiger partial charge in [-0.25, -0.2) is 0 Å². The van der Waals surface area contributed by atoms with Gasteiger partial charge in [-0.3, -0.25) is 4.79 Å². The molecule has 1 unspecified atom stereocenters. The number of carbonyl (C=O) groups is 1. The quantitative estimate of drug-likeness (QED) is 0.458. The third-order valence-electron chi connectivity index (χ3n) is 5.27. The predicted octanol–water partition coefficient (Wildman–Crippen LogP) is 5.41. The van der Waals surface area contributed by atoms with E-state index in [0.717, 1.165) is 35.7 Å². The number of thioether (sulfide) groups is 1. The lowest BCUT2D eigenvalue weighted by atomic mass is 10.2. The summed E-state index contributed by atoms with van der Waals surface area (Å²) in [6.45, 7) is 9.97. The third-order valence-corrected chi connectivity index (χ3v) is 6.81. The Labute approximate surface area is 193 Å². The number of nitrogens with one attached hydrogen (secondary N) is 1. The zero-order chi connectivity index (χ0) is 22.5. The average Bonchev–Trinajstić information content (AvgIpc) is 3.12. The van der Waals surface area contributed by atoms with Gasteiger partial charge in [0.1, 0.15) is 0 Å². The van der Waals surface area contributed by atoms with Crippen LogP contribution in [0.1, 0.15) is 26.3 Å². The van der Waals surface area contributed by atoms with Crippen LogP contribution in [0, 0.1) is 6.92 Å². The summed E-state index contributed by atoms with van der Waals surface area (Å²) in [6.07, 6.45) is 0. The van der Waals surface area contributed by atoms with E-state index in [2.05, 4.69) is 58.5 Å². The van der Waals surface area contributed by atoms with Crippen LogP contribution in [0.3, 0.4) is 0 Å². The van der Waals surface area contributed by atoms with Gasteiger partial charge in [0.2, 0.25) is 5.91 Å². The molecule has 8 heteroatoms. The van der Waals surface area contributed by atoms with E-state index in [-0.39, 0.29) is 11.2 Å². The summed E-state index contributed by atoms with van der Waals surface area (Å²) < 4.78 is 1.92. The molecule has 164 valence electrons. The fourth-order valence-corrected chi connectivity index (χ4v) is 4.26. The Morgan fingerprint density at radius 3 is 2.48 bits per heavy atom. The van der Waals surface area contributed by atoms with Crippen LogP contribution < -0.4 is 10.2 Å². The monoisotopic (exact) mass is 457 g/mol. The van der Waals surface area contributed by atoms with Gasteiger partial charge in [0.05, 0.1) is 5.25 Å². The molecule has 0 fully saturated rings. The Morgan fingerprint density at radius 2 is 1.84 bits per heavy atom. The van der Waals surface area contributed by atoms with Crippen molar-refractivity contribution in [1.29, 1.82) is 0 Å². The van der Waals surface area contributed by atoms with E-state index in [1.807, 2.05) is 37.6 Å². The summed E-state index contributed by atoms with van der Waals surface area (Å²) in [4.78, 5) is 15.0. The highest BCUT2D eigenvalue weighted by Crippen LogP contribution is 2.28. The van der Waals surface area contributed by atoms with Crippen molar-refractivity contribution in [3.8, 4) is 11.4 Å². The summed E-state index contributed by atoms with van der Waals surface area (Å²) in [5.41, 5.74) is 3.75. The summed E-state index contributed by atoms with van der Waals surface area (Å²) in [6, 6.07) is 13.8. The zero-order valence-corrected chi connectivity index (χ0v) is 20.1. The van der Waals surface area contributed by atoms with Gasteiger partial charge in [0, 0.05) is 42.1 Å². The molecule has 3 aromatic rings. The normalized spacial score (nSPS) is 11.9. The maximum atomic E-state index is 12.7. The Bertz CT molecular complexity index is 1050. The second kappa shape index (κ2) is 10.2. The maximum absolute atomic E-state index is 12.7. The fraction of sp³-hybridized carbons (Fsp3) is 0.348. The van der Waals surface area contributed by atoms with Crippen LogP contribution in [0.2, 0.25) is 5.02 Å². The van der Waals surface area contributed by atoms with Gasteiger partial charge >= 0.3 is 0 Å². The molecule has 1 amide bonds. The first-order valence-corrected chi connectivity index (χ1v) is 11.6. The van der Waals surface area contributed by atoms with Gasteiger partial charge in [-0.2, -0.15) is 0 Å². The van der Waals surface area contributed by atoms with Crippen LogP contribution in [0.5, 0.6) is 0 Å². The highest BCUT2D eigenvalue weighted by molar-refractivity contribution is 8.00. The summed E-state index contributed by atoms with van der Waals surface area (Å²) >= 11 is 7.53. The van der Waals surface area contributed by atoms with E-state index >= 15 is 0 Å². The zero-order valence-electron chi connectivity index (χ0n) is 18.5. The number of carbonyl (C=O) groups excluding carboxylic acids is 1. The lowest BCUT2D eigenvalue weighted by Gasteiger charge is -2.21. The first-order valence-electron chi connectivity index (χ1n) is 10.3. The SMILES string of the molecule is CCN(CC)c1ccc(-c2nnc(SC(C)C(=O)Nc3cccc(Cl)c3C)n2C)cc1. The molecule has 0 aliphatic carbocycles. The van der Waals surface area contributed by atoms with Crippen molar-refractivity contribution < 1.29 is 4.79 Å². The Hall–Kier alpha value is -2.51. The molecular formula is C23H28ClN5OS. The lowest BCUT2D eigenvalue weighted by Crippen LogP contribution is -2.23. The molecule has 0 bridgehead atoms. The fourth-order valence-electron chi connectivity index (χ4n) is 3.27. The summed E-state index contributed by atoms with van der Waals surface area (Å²) in [5.74, 6) is 0.662. The van der Waals surface area contributed by atoms with Crippen LogP contribution in [0.4, 0.5) is 11.4 Å². The highest BCUT2D eigenvalue weighted by atomic mass is 35.5. The van der Waals surface area contributed by atoms with Gasteiger partial charge in [0.25, 0.3) is 0 Å². The van der Waals surface area contributed by atoms with Gasteiger partial charge in [-0.1, -0.05) is 29.4 Å². The molecular weight excluding hydrogens is 430 g/mol. The van der Waals surface area contributed by atoms with E-state index in [1.165, 1.54) is 17.4 Å². The number of halogens is 1. The molecule has 0 saturated carbocycles. The molecule has 2 aromatic carbocycles. The first kappa shape index (κ1) is 23.2. The van der Waals surface area contributed by atoms with Crippen molar-refractivity contribution >= 4 is 40.6 Å². The topological polar surface area (TPSA) is 63.1 Å². The summed E-state index contributed by atoms with van der Waals surface area (Å²) in [7, 11) is 1.92. The number of benzene rings is 2. The minimum atomic E-state index is -0.348. The smallest absolute Gasteiger partial charge is 0.237 e. The van der Waals surface area contributed by atoms with Crippen molar-refractivity contribution in [2.75, 3.05) is 23.3 Å². The van der Waals surface area contributed by atoms with Crippen molar-refractivity contribution in [1.82, 2.24) is 14.8 Å². The van der Waals surface area contributed by atoms with E-state index in [1.54, 1.807) is 6.07 Å². The van der Waals surface area contributed by atoms with Crippen LogP contribution in [0.25, 0.3) is 11.4 Å². The third kappa shape index (κ3) is 5.22. The van der Waals surface area contributed by atoms with Gasteiger partial charge in [-0.05, 0) is 69.7 Å². The first-order chi connectivity index (χ1) is 14.8. The van der Waals surface area contributed by atoms with Crippen LogP contribution in [0.15, 0.2) is 47.6 Å². The van der Waals surface area contributed by atoms with Gasteiger partial charge < -0.3 is 14.8 Å². The molecule has 1 heterocycles. The largest absolute Gasteiger partial charge is 0.372 e. The molecule has 0 aliphatic heterocycles. The Kier molecular flexibility index (Phi) is 7.62. The minimum Gasteiger partial charge on any atom is -0.372 e. The van der Waals surface area contributed by atoms with E-state index in [4.69, 9.17) is 11.6 Å².